The molecule has 2 rings (SSSR count). The van der Waals surface area contributed by atoms with Crippen LogP contribution < -0.4 is 10.1 Å². The molecular formula is C15H13BrClNO2. The summed E-state index contributed by atoms with van der Waals surface area (Å²) in [5, 5.41) is 3.35. The lowest BCUT2D eigenvalue weighted by Crippen LogP contribution is -2.13. The van der Waals surface area contributed by atoms with Crippen molar-refractivity contribution in [3.05, 3.63) is 57.5 Å². The zero-order valence-corrected chi connectivity index (χ0v) is 13.2. The van der Waals surface area contributed by atoms with Crippen LogP contribution in [0.15, 0.2) is 46.9 Å². The van der Waals surface area contributed by atoms with Gasteiger partial charge in [0.05, 0.1) is 12.3 Å². The first-order chi connectivity index (χ1) is 9.60. The standard InChI is InChI=1S/C15H13BrClNO2/c1-2-20-14-7-6-12(17)9-13(14)18-15(19)10-4-3-5-11(16)8-10/h3-9H,2H2,1H3,(H,18,19). The van der Waals surface area contributed by atoms with Gasteiger partial charge in [-0.1, -0.05) is 33.6 Å². The van der Waals surface area contributed by atoms with Gasteiger partial charge in [0, 0.05) is 15.1 Å². The first-order valence-corrected chi connectivity index (χ1v) is 7.26. The molecule has 5 heteroatoms. The number of ether oxygens (including phenoxy) is 1. The van der Waals surface area contributed by atoms with E-state index in [0.717, 1.165) is 4.47 Å². The fourth-order valence-electron chi connectivity index (χ4n) is 1.71. The van der Waals surface area contributed by atoms with Crippen LogP contribution in [-0.2, 0) is 0 Å². The molecule has 0 aliphatic rings. The summed E-state index contributed by atoms with van der Waals surface area (Å²) in [4.78, 5) is 12.2. The molecule has 0 aromatic heterocycles. The van der Waals surface area contributed by atoms with Gasteiger partial charge in [-0.15, -0.1) is 0 Å². The zero-order chi connectivity index (χ0) is 14.5. The molecule has 0 saturated carbocycles. The number of anilines is 1. The second-order valence-electron chi connectivity index (χ2n) is 4.04. The van der Waals surface area contributed by atoms with Crippen molar-refractivity contribution in [1.29, 1.82) is 0 Å². The van der Waals surface area contributed by atoms with E-state index in [2.05, 4.69) is 21.2 Å². The van der Waals surface area contributed by atoms with Gasteiger partial charge < -0.3 is 10.1 Å². The number of rotatable bonds is 4. The molecule has 2 aromatic rings. The second-order valence-corrected chi connectivity index (χ2v) is 5.39. The predicted octanol–water partition coefficient (Wildman–Crippen LogP) is 4.75. The van der Waals surface area contributed by atoms with Gasteiger partial charge in [-0.25, -0.2) is 0 Å². The lowest BCUT2D eigenvalue weighted by atomic mass is 10.2. The van der Waals surface area contributed by atoms with Gasteiger partial charge in [0.1, 0.15) is 5.75 Å². The summed E-state index contributed by atoms with van der Waals surface area (Å²) in [6.07, 6.45) is 0. The minimum absolute atomic E-state index is 0.213. The van der Waals surface area contributed by atoms with Crippen molar-refractivity contribution in [2.75, 3.05) is 11.9 Å². The Morgan fingerprint density at radius 1 is 1.30 bits per heavy atom. The molecule has 0 saturated heterocycles. The van der Waals surface area contributed by atoms with Crippen molar-refractivity contribution < 1.29 is 9.53 Å². The first kappa shape index (κ1) is 14.9. The maximum atomic E-state index is 12.2. The molecule has 0 bridgehead atoms. The Balaban J connectivity index is 2.25. The van der Waals surface area contributed by atoms with E-state index < -0.39 is 0 Å². The summed E-state index contributed by atoms with van der Waals surface area (Å²) >= 11 is 9.30. The number of carbonyl (C=O) groups excluding carboxylic acids is 1. The molecule has 0 unspecified atom stereocenters. The van der Waals surface area contributed by atoms with E-state index in [9.17, 15) is 4.79 Å². The van der Waals surface area contributed by atoms with E-state index in [-0.39, 0.29) is 5.91 Å². The number of halogens is 2. The van der Waals surface area contributed by atoms with Crippen LogP contribution in [0.3, 0.4) is 0 Å². The van der Waals surface area contributed by atoms with Crippen molar-refractivity contribution >= 4 is 39.1 Å². The van der Waals surface area contributed by atoms with Gasteiger partial charge in [-0.3, -0.25) is 4.79 Å². The first-order valence-electron chi connectivity index (χ1n) is 6.09. The quantitative estimate of drug-likeness (QED) is 0.860. The molecule has 1 N–H and O–H groups in total. The summed E-state index contributed by atoms with van der Waals surface area (Å²) in [6.45, 7) is 2.40. The number of carbonyl (C=O) groups is 1. The third-order valence-corrected chi connectivity index (χ3v) is 3.30. The van der Waals surface area contributed by atoms with Crippen molar-refractivity contribution in [2.24, 2.45) is 0 Å². The Morgan fingerprint density at radius 2 is 2.10 bits per heavy atom. The highest BCUT2D eigenvalue weighted by molar-refractivity contribution is 9.10. The Hall–Kier alpha value is -1.52. The van der Waals surface area contributed by atoms with E-state index in [1.54, 1.807) is 36.4 Å². The van der Waals surface area contributed by atoms with E-state index in [1.165, 1.54) is 0 Å². The van der Waals surface area contributed by atoms with Crippen LogP contribution in [0.25, 0.3) is 0 Å². The Bertz CT molecular complexity index is 631. The average Bonchev–Trinajstić information content (AvgIpc) is 2.42. The molecule has 0 heterocycles. The molecule has 104 valence electrons. The number of hydrogen-bond acceptors (Lipinski definition) is 2. The van der Waals surface area contributed by atoms with Crippen LogP contribution in [0.1, 0.15) is 17.3 Å². The number of hydrogen-bond donors (Lipinski definition) is 1. The summed E-state index contributed by atoms with van der Waals surface area (Å²) in [6, 6.07) is 12.3. The molecular weight excluding hydrogens is 342 g/mol. The molecule has 2 aromatic carbocycles. The largest absolute Gasteiger partial charge is 0.492 e. The summed E-state index contributed by atoms with van der Waals surface area (Å²) in [5.74, 6) is 0.384. The van der Waals surface area contributed by atoms with Gasteiger partial charge in [0.2, 0.25) is 0 Å². The SMILES string of the molecule is CCOc1ccc(Cl)cc1NC(=O)c1cccc(Br)c1. The third kappa shape index (κ3) is 3.74. The maximum Gasteiger partial charge on any atom is 0.255 e. The highest BCUT2D eigenvalue weighted by Crippen LogP contribution is 2.28. The van der Waals surface area contributed by atoms with Gasteiger partial charge in [-0.05, 0) is 43.3 Å². The Kier molecular flexibility index (Phi) is 5.04. The molecule has 20 heavy (non-hydrogen) atoms. The van der Waals surface area contributed by atoms with Crippen LogP contribution in [0.5, 0.6) is 5.75 Å². The predicted molar refractivity (Wildman–Crippen MR) is 84.7 cm³/mol. The molecule has 3 nitrogen and oxygen atoms in total. The molecule has 0 radical (unpaired) electrons. The normalized spacial score (nSPS) is 10.2. The van der Waals surface area contributed by atoms with Gasteiger partial charge in [-0.2, -0.15) is 0 Å². The van der Waals surface area contributed by atoms with Crippen LogP contribution in [0, 0.1) is 0 Å². The van der Waals surface area contributed by atoms with Crippen LogP contribution in [-0.4, -0.2) is 12.5 Å². The highest BCUT2D eigenvalue weighted by atomic mass is 79.9. The molecule has 0 spiro atoms. The highest BCUT2D eigenvalue weighted by Gasteiger charge is 2.10. The van der Waals surface area contributed by atoms with E-state index in [1.807, 2.05) is 13.0 Å². The van der Waals surface area contributed by atoms with Crippen LogP contribution >= 0.6 is 27.5 Å². The van der Waals surface area contributed by atoms with E-state index in [0.29, 0.717) is 28.6 Å². The lowest BCUT2D eigenvalue weighted by molar-refractivity contribution is 0.102. The summed E-state index contributed by atoms with van der Waals surface area (Å²) < 4.78 is 6.32. The van der Waals surface area contributed by atoms with Gasteiger partial charge in [0.25, 0.3) is 5.91 Å². The average molecular weight is 355 g/mol. The maximum absolute atomic E-state index is 12.2. The summed E-state index contributed by atoms with van der Waals surface area (Å²) in [5.41, 5.74) is 1.12. The fraction of sp³-hybridized carbons (Fsp3) is 0.133. The fourth-order valence-corrected chi connectivity index (χ4v) is 2.28. The minimum Gasteiger partial charge on any atom is -0.492 e. The molecule has 0 aliphatic carbocycles. The molecule has 0 atom stereocenters. The van der Waals surface area contributed by atoms with Crippen LogP contribution in [0.4, 0.5) is 5.69 Å². The lowest BCUT2D eigenvalue weighted by Gasteiger charge is -2.12. The zero-order valence-electron chi connectivity index (χ0n) is 10.8. The molecule has 1 amide bonds. The smallest absolute Gasteiger partial charge is 0.255 e. The Morgan fingerprint density at radius 3 is 2.80 bits per heavy atom. The van der Waals surface area contributed by atoms with Crippen molar-refractivity contribution in [3.8, 4) is 5.75 Å². The monoisotopic (exact) mass is 353 g/mol. The third-order valence-electron chi connectivity index (χ3n) is 2.58. The van der Waals surface area contributed by atoms with Crippen LogP contribution in [0.2, 0.25) is 5.02 Å². The van der Waals surface area contributed by atoms with Crippen molar-refractivity contribution in [3.63, 3.8) is 0 Å². The van der Waals surface area contributed by atoms with Gasteiger partial charge in [0.15, 0.2) is 0 Å². The molecule has 0 aliphatic heterocycles. The molecule has 0 fully saturated rings. The minimum atomic E-state index is -0.213. The number of benzene rings is 2. The number of amides is 1. The van der Waals surface area contributed by atoms with Crippen molar-refractivity contribution in [2.45, 2.75) is 6.92 Å². The van der Waals surface area contributed by atoms with E-state index in [4.69, 9.17) is 16.3 Å². The van der Waals surface area contributed by atoms with Crippen molar-refractivity contribution in [1.82, 2.24) is 0 Å². The second kappa shape index (κ2) is 6.77. The number of nitrogens with one attached hydrogen (secondary N) is 1. The summed E-state index contributed by atoms with van der Waals surface area (Å²) in [7, 11) is 0. The van der Waals surface area contributed by atoms with Gasteiger partial charge >= 0.3 is 0 Å². The topological polar surface area (TPSA) is 38.3 Å². The van der Waals surface area contributed by atoms with E-state index >= 15 is 0 Å². The Labute approximate surface area is 131 Å².